The van der Waals surface area contributed by atoms with Gasteiger partial charge in [0.1, 0.15) is 11.3 Å². The number of hydrogen-bond acceptors (Lipinski definition) is 7. The highest BCUT2D eigenvalue weighted by Crippen LogP contribution is 2.41. The standard InChI is InChI=1S/C21H19F4N5O4/c1-2-28-11-13(19(32)33)17(31)12-10-14(22)16(18(15(12)28)34-21(23,24)25)29-6-8-30(9-7-29)20-26-4-3-5-27-20/h3-5,10-11H,2,6-9H2,1H3,(H,32,33). The highest BCUT2D eigenvalue weighted by molar-refractivity contribution is 5.97. The van der Waals surface area contributed by atoms with Crippen molar-refractivity contribution in [1.82, 2.24) is 14.5 Å². The Morgan fingerprint density at radius 3 is 2.32 bits per heavy atom. The molecule has 3 heterocycles. The molecular weight excluding hydrogens is 462 g/mol. The van der Waals surface area contributed by atoms with Gasteiger partial charge in [0.25, 0.3) is 0 Å². The molecule has 1 aromatic carbocycles. The average molecular weight is 481 g/mol. The summed E-state index contributed by atoms with van der Waals surface area (Å²) in [7, 11) is 0. The molecule has 1 N–H and O–H groups in total. The summed E-state index contributed by atoms with van der Waals surface area (Å²) in [5.74, 6) is -3.15. The van der Waals surface area contributed by atoms with E-state index in [1.807, 2.05) is 0 Å². The van der Waals surface area contributed by atoms with E-state index < -0.39 is 46.0 Å². The summed E-state index contributed by atoms with van der Waals surface area (Å²) >= 11 is 0. The van der Waals surface area contributed by atoms with Gasteiger partial charge in [0.2, 0.25) is 11.4 Å². The number of hydrogen-bond donors (Lipinski definition) is 1. The van der Waals surface area contributed by atoms with Gasteiger partial charge in [0.05, 0.1) is 10.9 Å². The molecule has 0 atom stereocenters. The van der Waals surface area contributed by atoms with E-state index in [0.29, 0.717) is 19.0 Å². The second kappa shape index (κ2) is 8.80. The van der Waals surface area contributed by atoms with Crippen LogP contribution in [0, 0.1) is 5.82 Å². The van der Waals surface area contributed by atoms with Crippen molar-refractivity contribution in [2.75, 3.05) is 36.0 Å². The minimum Gasteiger partial charge on any atom is -0.477 e. The van der Waals surface area contributed by atoms with Gasteiger partial charge in [-0.15, -0.1) is 13.2 Å². The maximum absolute atomic E-state index is 15.3. The Balaban J connectivity index is 1.86. The van der Waals surface area contributed by atoms with Crippen LogP contribution < -0.4 is 20.0 Å². The lowest BCUT2D eigenvalue weighted by Crippen LogP contribution is -2.47. The normalized spacial score (nSPS) is 14.5. The Morgan fingerprint density at radius 2 is 1.76 bits per heavy atom. The molecule has 0 bridgehead atoms. The van der Waals surface area contributed by atoms with E-state index in [1.165, 1.54) is 4.90 Å². The second-order valence-electron chi connectivity index (χ2n) is 7.47. The number of benzene rings is 1. The Labute approximate surface area is 189 Å². The third-order valence-electron chi connectivity index (χ3n) is 5.46. The molecule has 1 fully saturated rings. The SMILES string of the molecule is CCn1cc(C(=O)O)c(=O)c2cc(F)c(N3CCN(c4ncccn4)CC3)c(OC(F)(F)F)c21. The van der Waals surface area contributed by atoms with Gasteiger partial charge in [-0.05, 0) is 19.1 Å². The van der Waals surface area contributed by atoms with Crippen molar-refractivity contribution in [1.29, 1.82) is 0 Å². The van der Waals surface area contributed by atoms with Crippen LogP contribution >= 0.6 is 0 Å². The number of ether oxygens (including phenoxy) is 1. The van der Waals surface area contributed by atoms with Crippen molar-refractivity contribution in [3.63, 3.8) is 0 Å². The first-order valence-corrected chi connectivity index (χ1v) is 10.3. The average Bonchev–Trinajstić information content (AvgIpc) is 2.79. The molecule has 13 heteroatoms. The molecule has 0 unspecified atom stereocenters. The fourth-order valence-electron chi connectivity index (χ4n) is 3.98. The molecule has 3 aromatic rings. The molecule has 1 aliphatic rings. The van der Waals surface area contributed by atoms with Crippen molar-refractivity contribution in [2.45, 2.75) is 19.8 Å². The van der Waals surface area contributed by atoms with Crippen LogP contribution in [0.25, 0.3) is 10.9 Å². The predicted molar refractivity (Wildman–Crippen MR) is 114 cm³/mol. The number of aromatic nitrogens is 3. The first-order chi connectivity index (χ1) is 16.1. The second-order valence-corrected chi connectivity index (χ2v) is 7.47. The maximum atomic E-state index is 15.3. The Hall–Kier alpha value is -3.90. The van der Waals surface area contributed by atoms with Gasteiger partial charge < -0.3 is 24.2 Å². The van der Waals surface area contributed by atoms with Crippen molar-refractivity contribution >= 4 is 28.5 Å². The number of anilines is 2. The van der Waals surface area contributed by atoms with Crippen LogP contribution in [0.3, 0.4) is 0 Å². The molecule has 0 radical (unpaired) electrons. The molecule has 4 rings (SSSR count). The number of carbonyl (C=O) groups is 1. The van der Waals surface area contributed by atoms with E-state index >= 15 is 4.39 Å². The Kier molecular flexibility index (Phi) is 6.02. The molecule has 180 valence electrons. The topological polar surface area (TPSA) is 101 Å². The summed E-state index contributed by atoms with van der Waals surface area (Å²) in [5.41, 5.74) is -2.57. The summed E-state index contributed by atoms with van der Waals surface area (Å²) in [6, 6.07) is 2.41. The molecule has 0 spiro atoms. The highest BCUT2D eigenvalue weighted by Gasteiger charge is 2.37. The van der Waals surface area contributed by atoms with E-state index in [1.54, 1.807) is 30.3 Å². The van der Waals surface area contributed by atoms with Crippen molar-refractivity contribution in [3.05, 3.63) is 52.3 Å². The van der Waals surface area contributed by atoms with Gasteiger partial charge in [-0.3, -0.25) is 4.79 Å². The molecule has 2 aromatic heterocycles. The largest absolute Gasteiger partial charge is 0.573 e. The number of alkyl halides is 3. The first kappa shape index (κ1) is 23.3. The van der Waals surface area contributed by atoms with E-state index in [0.717, 1.165) is 16.8 Å². The van der Waals surface area contributed by atoms with Crippen LogP contribution in [-0.2, 0) is 6.54 Å². The lowest BCUT2D eigenvalue weighted by Gasteiger charge is -2.37. The number of rotatable bonds is 5. The minimum atomic E-state index is -5.19. The number of piperazine rings is 1. The summed E-state index contributed by atoms with van der Waals surface area (Å²) in [4.78, 5) is 35.6. The smallest absolute Gasteiger partial charge is 0.477 e. The van der Waals surface area contributed by atoms with Crippen LogP contribution in [0.15, 0.2) is 35.5 Å². The fraction of sp³-hybridized carbons (Fsp3) is 0.333. The number of pyridine rings is 1. The Morgan fingerprint density at radius 1 is 1.15 bits per heavy atom. The van der Waals surface area contributed by atoms with Gasteiger partial charge in [-0.25, -0.2) is 19.2 Å². The van der Waals surface area contributed by atoms with Gasteiger partial charge in [-0.1, -0.05) is 0 Å². The number of carboxylic acids is 1. The molecule has 1 saturated heterocycles. The zero-order valence-corrected chi connectivity index (χ0v) is 17.8. The molecular formula is C21H19F4N5O4. The summed E-state index contributed by atoms with van der Waals surface area (Å²) < 4.78 is 60.9. The molecule has 1 aliphatic heterocycles. The number of aromatic carboxylic acids is 1. The monoisotopic (exact) mass is 481 g/mol. The van der Waals surface area contributed by atoms with Crippen LogP contribution in [0.4, 0.5) is 29.2 Å². The number of nitrogens with zero attached hydrogens (tertiary/aromatic N) is 5. The lowest BCUT2D eigenvalue weighted by molar-refractivity contribution is -0.274. The fourth-order valence-corrected chi connectivity index (χ4v) is 3.98. The van der Waals surface area contributed by atoms with Gasteiger partial charge >= 0.3 is 12.3 Å². The van der Waals surface area contributed by atoms with Gasteiger partial charge in [0, 0.05) is 51.3 Å². The summed E-state index contributed by atoms with van der Waals surface area (Å²) in [6.07, 6.45) is -1.14. The number of halogens is 4. The number of fused-ring (bicyclic) bond motifs is 1. The Bertz CT molecular complexity index is 1290. The predicted octanol–water partition coefficient (Wildman–Crippen LogP) is 2.87. The van der Waals surface area contributed by atoms with E-state index in [4.69, 9.17) is 0 Å². The van der Waals surface area contributed by atoms with E-state index in [-0.39, 0.29) is 25.2 Å². The van der Waals surface area contributed by atoms with Crippen LogP contribution in [-0.4, -0.2) is 58.2 Å². The number of aryl methyl sites for hydroxylation is 1. The number of carboxylic acid groups (broad SMARTS) is 1. The lowest BCUT2D eigenvalue weighted by atomic mass is 10.1. The molecule has 9 nitrogen and oxygen atoms in total. The molecule has 0 aliphatic carbocycles. The zero-order valence-electron chi connectivity index (χ0n) is 17.8. The van der Waals surface area contributed by atoms with Crippen LogP contribution in [0.2, 0.25) is 0 Å². The third-order valence-corrected chi connectivity index (χ3v) is 5.46. The summed E-state index contributed by atoms with van der Waals surface area (Å²) in [6.45, 7) is 2.40. The van der Waals surface area contributed by atoms with Gasteiger partial charge in [0.15, 0.2) is 11.6 Å². The zero-order chi connectivity index (χ0) is 24.6. The molecule has 34 heavy (non-hydrogen) atoms. The summed E-state index contributed by atoms with van der Waals surface area (Å²) in [5, 5.41) is 8.79. The van der Waals surface area contributed by atoms with E-state index in [2.05, 4.69) is 14.7 Å². The van der Waals surface area contributed by atoms with Crippen molar-refractivity contribution in [2.24, 2.45) is 0 Å². The first-order valence-electron chi connectivity index (χ1n) is 10.3. The van der Waals surface area contributed by atoms with E-state index in [9.17, 15) is 27.9 Å². The van der Waals surface area contributed by atoms with Crippen molar-refractivity contribution < 1.29 is 32.2 Å². The molecule has 0 saturated carbocycles. The van der Waals surface area contributed by atoms with Gasteiger partial charge in [-0.2, -0.15) is 0 Å². The highest BCUT2D eigenvalue weighted by atomic mass is 19.4. The van der Waals surface area contributed by atoms with Crippen LogP contribution in [0.1, 0.15) is 17.3 Å². The van der Waals surface area contributed by atoms with Crippen molar-refractivity contribution in [3.8, 4) is 5.75 Å². The maximum Gasteiger partial charge on any atom is 0.573 e. The van der Waals surface area contributed by atoms with Crippen LogP contribution in [0.5, 0.6) is 5.75 Å². The minimum absolute atomic E-state index is 0.00940. The quantitative estimate of drug-likeness (QED) is 0.556. The molecule has 0 amide bonds. The third kappa shape index (κ3) is 4.32.